The Bertz CT molecular complexity index is 1140. The van der Waals surface area contributed by atoms with Gasteiger partial charge in [0.15, 0.2) is 5.13 Å². The van der Waals surface area contributed by atoms with E-state index in [4.69, 9.17) is 5.26 Å². The van der Waals surface area contributed by atoms with Crippen LogP contribution in [0.5, 0.6) is 0 Å². The van der Waals surface area contributed by atoms with Crippen molar-refractivity contribution in [2.45, 2.75) is 4.90 Å². The topological polar surface area (TPSA) is 77.3 Å². The highest BCUT2D eigenvalue weighted by molar-refractivity contribution is 7.89. The van der Waals surface area contributed by atoms with Gasteiger partial charge in [-0.1, -0.05) is 0 Å². The van der Waals surface area contributed by atoms with Crippen molar-refractivity contribution in [3.63, 3.8) is 0 Å². The first-order valence-electron chi connectivity index (χ1n) is 8.94. The van der Waals surface area contributed by atoms with Crippen LogP contribution in [0.4, 0.5) is 9.52 Å². The monoisotopic (exact) mass is 428 g/mol. The molecule has 6 nitrogen and oxygen atoms in total. The minimum absolute atomic E-state index is 0.192. The number of hydrogen-bond donors (Lipinski definition) is 0. The summed E-state index contributed by atoms with van der Waals surface area (Å²) in [5.74, 6) is -0.288. The Kier molecular flexibility index (Phi) is 5.32. The molecule has 0 unspecified atom stereocenters. The smallest absolute Gasteiger partial charge is 0.243 e. The van der Waals surface area contributed by atoms with E-state index in [1.807, 2.05) is 11.4 Å². The number of thiazole rings is 1. The molecule has 1 fully saturated rings. The summed E-state index contributed by atoms with van der Waals surface area (Å²) in [5, 5.41) is 11.6. The predicted octanol–water partition coefficient (Wildman–Crippen LogP) is 3.33. The zero-order chi connectivity index (χ0) is 20.4. The fraction of sp³-hybridized carbons (Fsp3) is 0.200. The Morgan fingerprint density at radius 3 is 2.28 bits per heavy atom. The Balaban J connectivity index is 1.44. The maximum absolute atomic E-state index is 13.1. The molecule has 2 aromatic carbocycles. The van der Waals surface area contributed by atoms with E-state index in [1.165, 1.54) is 52.0 Å². The predicted molar refractivity (Wildman–Crippen MR) is 110 cm³/mol. The summed E-state index contributed by atoms with van der Waals surface area (Å²) in [4.78, 5) is 6.87. The molecular weight excluding hydrogens is 411 g/mol. The first-order chi connectivity index (χ1) is 14.0. The van der Waals surface area contributed by atoms with Crippen molar-refractivity contribution < 1.29 is 12.8 Å². The van der Waals surface area contributed by atoms with E-state index in [9.17, 15) is 12.8 Å². The Morgan fingerprint density at radius 1 is 1.00 bits per heavy atom. The SMILES string of the molecule is N#Cc1ccc(S(=O)(=O)N2CCN(c3nc(-c4ccc(F)cc4)cs3)CC2)cc1. The average Bonchev–Trinajstić information content (AvgIpc) is 3.24. The Morgan fingerprint density at radius 2 is 1.66 bits per heavy atom. The molecule has 148 valence electrons. The van der Waals surface area contributed by atoms with Gasteiger partial charge in [-0.2, -0.15) is 9.57 Å². The van der Waals surface area contributed by atoms with E-state index in [1.54, 1.807) is 12.1 Å². The Hall–Kier alpha value is -2.80. The molecule has 0 spiro atoms. The number of piperazine rings is 1. The molecular formula is C20H17FN4O2S2. The molecule has 0 bridgehead atoms. The van der Waals surface area contributed by atoms with Gasteiger partial charge in [-0.3, -0.25) is 0 Å². The second kappa shape index (κ2) is 7.91. The summed E-state index contributed by atoms with van der Waals surface area (Å²) in [6.07, 6.45) is 0. The van der Waals surface area contributed by atoms with E-state index in [0.29, 0.717) is 31.7 Å². The van der Waals surface area contributed by atoms with Crippen LogP contribution in [0.25, 0.3) is 11.3 Å². The molecule has 1 aliphatic heterocycles. The van der Waals surface area contributed by atoms with Gasteiger partial charge in [-0.05, 0) is 48.5 Å². The van der Waals surface area contributed by atoms with Gasteiger partial charge < -0.3 is 4.90 Å². The standard InChI is InChI=1S/C20H17FN4O2S2/c21-17-5-3-16(4-6-17)19-14-28-20(23-19)24-9-11-25(12-10-24)29(26,27)18-7-1-15(13-22)2-8-18/h1-8,14H,9-12H2. The van der Waals surface area contributed by atoms with Gasteiger partial charge in [0.05, 0.1) is 22.2 Å². The number of hydrogen-bond acceptors (Lipinski definition) is 6. The second-order valence-electron chi connectivity index (χ2n) is 6.55. The lowest BCUT2D eigenvalue weighted by atomic mass is 10.2. The lowest BCUT2D eigenvalue weighted by Crippen LogP contribution is -2.48. The van der Waals surface area contributed by atoms with Gasteiger partial charge in [-0.25, -0.2) is 17.8 Å². The number of rotatable bonds is 4. The molecule has 3 aromatic rings. The fourth-order valence-electron chi connectivity index (χ4n) is 3.13. The van der Waals surface area contributed by atoms with Crippen LogP contribution < -0.4 is 4.90 Å². The highest BCUT2D eigenvalue weighted by atomic mass is 32.2. The van der Waals surface area contributed by atoms with Crippen LogP contribution >= 0.6 is 11.3 Å². The maximum Gasteiger partial charge on any atom is 0.243 e. The van der Waals surface area contributed by atoms with Crippen LogP contribution in [0.15, 0.2) is 58.8 Å². The van der Waals surface area contributed by atoms with E-state index >= 15 is 0 Å². The molecule has 0 N–H and O–H groups in total. The van der Waals surface area contributed by atoms with Gasteiger partial charge in [0.2, 0.25) is 10.0 Å². The zero-order valence-electron chi connectivity index (χ0n) is 15.3. The van der Waals surface area contributed by atoms with E-state index < -0.39 is 10.0 Å². The first-order valence-corrected chi connectivity index (χ1v) is 11.3. The van der Waals surface area contributed by atoms with Crippen molar-refractivity contribution in [2.75, 3.05) is 31.1 Å². The van der Waals surface area contributed by atoms with Gasteiger partial charge >= 0.3 is 0 Å². The summed E-state index contributed by atoms with van der Waals surface area (Å²) >= 11 is 1.49. The lowest BCUT2D eigenvalue weighted by molar-refractivity contribution is 0.385. The first kappa shape index (κ1) is 19.5. The van der Waals surface area contributed by atoms with Crippen molar-refractivity contribution in [2.24, 2.45) is 0 Å². The third-order valence-electron chi connectivity index (χ3n) is 4.76. The molecule has 1 aliphatic rings. The van der Waals surface area contributed by atoms with E-state index in [0.717, 1.165) is 16.4 Å². The van der Waals surface area contributed by atoms with Crippen molar-refractivity contribution >= 4 is 26.5 Å². The summed E-state index contributed by atoms with van der Waals surface area (Å²) in [5.41, 5.74) is 2.04. The molecule has 9 heteroatoms. The summed E-state index contributed by atoms with van der Waals surface area (Å²) in [6.45, 7) is 1.78. The van der Waals surface area contributed by atoms with Crippen LogP contribution in [0.2, 0.25) is 0 Å². The molecule has 29 heavy (non-hydrogen) atoms. The van der Waals surface area contributed by atoms with Crippen molar-refractivity contribution in [3.05, 3.63) is 65.3 Å². The van der Waals surface area contributed by atoms with Crippen LogP contribution in [-0.4, -0.2) is 43.9 Å². The lowest BCUT2D eigenvalue weighted by Gasteiger charge is -2.33. The largest absolute Gasteiger partial charge is 0.345 e. The molecule has 0 atom stereocenters. The minimum Gasteiger partial charge on any atom is -0.345 e. The van der Waals surface area contributed by atoms with E-state index in [-0.39, 0.29) is 10.7 Å². The molecule has 1 saturated heterocycles. The van der Waals surface area contributed by atoms with Crippen LogP contribution in [-0.2, 0) is 10.0 Å². The normalized spacial score (nSPS) is 15.2. The number of nitriles is 1. The van der Waals surface area contributed by atoms with Crippen LogP contribution in [0, 0.1) is 17.1 Å². The summed E-state index contributed by atoms with van der Waals surface area (Å²) < 4.78 is 40.2. The maximum atomic E-state index is 13.1. The third kappa shape index (κ3) is 4.00. The van der Waals surface area contributed by atoms with Gasteiger partial charge in [0.1, 0.15) is 5.82 Å². The number of sulfonamides is 1. The molecule has 0 aliphatic carbocycles. The van der Waals surface area contributed by atoms with Crippen molar-refractivity contribution in [3.8, 4) is 17.3 Å². The number of halogens is 1. The van der Waals surface area contributed by atoms with Gasteiger partial charge in [0, 0.05) is 37.1 Å². The van der Waals surface area contributed by atoms with Crippen molar-refractivity contribution in [1.82, 2.24) is 9.29 Å². The van der Waals surface area contributed by atoms with Gasteiger partial charge in [0.25, 0.3) is 0 Å². The highest BCUT2D eigenvalue weighted by Crippen LogP contribution is 2.29. The molecule has 2 heterocycles. The Labute approximate surface area is 172 Å². The quantitative estimate of drug-likeness (QED) is 0.637. The zero-order valence-corrected chi connectivity index (χ0v) is 17.0. The average molecular weight is 429 g/mol. The summed E-state index contributed by atoms with van der Waals surface area (Å²) in [7, 11) is -3.59. The highest BCUT2D eigenvalue weighted by Gasteiger charge is 2.29. The second-order valence-corrected chi connectivity index (χ2v) is 9.32. The third-order valence-corrected chi connectivity index (χ3v) is 7.58. The molecule has 0 radical (unpaired) electrons. The van der Waals surface area contributed by atoms with Gasteiger partial charge in [-0.15, -0.1) is 11.3 Å². The molecule has 0 saturated carbocycles. The molecule has 1 aromatic heterocycles. The fourth-order valence-corrected chi connectivity index (χ4v) is 5.44. The minimum atomic E-state index is -3.59. The number of benzene rings is 2. The van der Waals surface area contributed by atoms with E-state index in [2.05, 4.69) is 9.88 Å². The van der Waals surface area contributed by atoms with Crippen LogP contribution in [0.3, 0.4) is 0 Å². The summed E-state index contributed by atoms with van der Waals surface area (Å²) in [6, 6.07) is 14.1. The van der Waals surface area contributed by atoms with Crippen LogP contribution in [0.1, 0.15) is 5.56 Å². The van der Waals surface area contributed by atoms with Crippen molar-refractivity contribution in [1.29, 1.82) is 5.26 Å². The molecule has 0 amide bonds. The number of aromatic nitrogens is 1. The molecule has 4 rings (SSSR count). The number of nitrogens with zero attached hydrogens (tertiary/aromatic N) is 4. The number of anilines is 1.